The second kappa shape index (κ2) is 12.5. The number of rotatable bonds is 6. The summed E-state index contributed by atoms with van der Waals surface area (Å²) in [4.78, 5) is 23.1. The van der Waals surface area contributed by atoms with E-state index in [2.05, 4.69) is 10.2 Å². The van der Waals surface area contributed by atoms with Crippen LogP contribution in [0.1, 0.15) is 28.8 Å². The summed E-state index contributed by atoms with van der Waals surface area (Å²) >= 11 is 12.0. The van der Waals surface area contributed by atoms with Gasteiger partial charge in [-0.25, -0.2) is 4.79 Å². The number of phenols is 1. The van der Waals surface area contributed by atoms with Gasteiger partial charge in [-0.2, -0.15) is 13.2 Å². The third kappa shape index (κ3) is 8.04. The first kappa shape index (κ1) is 30.6. The number of β-amino-alcohol motifs (C(OH)–C–C–N with tert-alkyl or cyclic N) is 1. The van der Waals surface area contributed by atoms with Gasteiger partial charge in [0.15, 0.2) is 0 Å². The molecule has 214 valence electrons. The Morgan fingerprint density at radius 2 is 1.85 bits per heavy atom. The number of ether oxygens (including phenoxy) is 2. The molecule has 1 amide bonds. The first-order chi connectivity index (χ1) is 18.2. The third-order valence-corrected chi connectivity index (χ3v) is 6.83. The second-order valence-corrected chi connectivity index (χ2v) is 10.0. The highest BCUT2D eigenvalue weighted by Crippen LogP contribution is 2.42. The van der Waals surface area contributed by atoms with Gasteiger partial charge in [0, 0.05) is 57.0 Å². The number of halogens is 5. The number of aliphatic hydroxyl groups is 1. The second-order valence-electron chi connectivity index (χ2n) is 9.16. The number of nitrogens with zero attached hydrogens (tertiary/aromatic N) is 1. The Labute approximate surface area is 232 Å². The van der Waals surface area contributed by atoms with E-state index in [0.29, 0.717) is 6.54 Å². The smallest absolute Gasteiger partial charge is 0.490 e. The molecule has 0 aromatic heterocycles. The molecule has 1 fully saturated rings. The molecule has 0 unspecified atom stereocenters. The van der Waals surface area contributed by atoms with Crippen LogP contribution in [-0.2, 0) is 11.2 Å². The number of phenolic OH excluding ortho intramolecular Hbond substituents is 1. The molecule has 9 nitrogen and oxygen atoms in total. The van der Waals surface area contributed by atoms with Crippen LogP contribution in [0.15, 0.2) is 30.3 Å². The summed E-state index contributed by atoms with van der Waals surface area (Å²) in [6, 6.07) is 8.38. The van der Waals surface area contributed by atoms with Crippen LogP contribution < -0.4 is 14.8 Å². The van der Waals surface area contributed by atoms with Gasteiger partial charge in [-0.15, -0.1) is 0 Å². The Kier molecular flexibility index (Phi) is 9.81. The lowest BCUT2D eigenvalue weighted by atomic mass is 9.87. The van der Waals surface area contributed by atoms with E-state index in [0.717, 1.165) is 48.7 Å². The minimum Gasteiger partial charge on any atom is -0.506 e. The normalized spacial score (nSPS) is 16.9. The molecule has 2 heterocycles. The van der Waals surface area contributed by atoms with Gasteiger partial charge >= 0.3 is 12.1 Å². The highest BCUT2D eigenvalue weighted by Gasteiger charge is 2.42. The molecule has 2 aliphatic rings. The number of aromatic hydroxyl groups is 1. The van der Waals surface area contributed by atoms with E-state index in [1.54, 1.807) is 0 Å². The van der Waals surface area contributed by atoms with Crippen molar-refractivity contribution in [2.24, 2.45) is 0 Å². The molecule has 2 aromatic carbocycles. The molecule has 4 N–H and O–H groups in total. The van der Waals surface area contributed by atoms with Crippen molar-refractivity contribution in [1.29, 1.82) is 0 Å². The summed E-state index contributed by atoms with van der Waals surface area (Å²) in [5.41, 5.74) is 1.15. The Morgan fingerprint density at radius 3 is 2.44 bits per heavy atom. The first-order valence-electron chi connectivity index (χ1n) is 11.8. The fourth-order valence-electron chi connectivity index (χ4n) is 4.34. The predicted octanol–water partition coefficient (Wildman–Crippen LogP) is 3.90. The number of piperidine rings is 1. The summed E-state index contributed by atoms with van der Waals surface area (Å²) in [6.07, 6.45) is -3.28. The van der Waals surface area contributed by atoms with Crippen molar-refractivity contribution >= 4 is 35.1 Å². The number of aliphatic hydroxyl groups excluding tert-OH is 1. The van der Waals surface area contributed by atoms with Gasteiger partial charge in [0.2, 0.25) is 0 Å². The number of alkyl halides is 3. The molecule has 1 spiro atoms. The zero-order chi connectivity index (χ0) is 29.0. The van der Waals surface area contributed by atoms with Crippen LogP contribution in [0, 0.1) is 0 Å². The van der Waals surface area contributed by atoms with Gasteiger partial charge in [-0.05, 0) is 29.8 Å². The maximum Gasteiger partial charge on any atom is 0.490 e. The van der Waals surface area contributed by atoms with Crippen molar-refractivity contribution in [3.8, 4) is 17.2 Å². The standard InChI is InChI=1S/C23H26Cl2N2O5.C2HF3O2/c1-26-22(30)17-9-18(25)19(29)10-21(17)31-13-16(28)12-27-6-4-23(5-7-27)11-14-8-15(24)2-3-20(14)32-23;3-2(4,5)1(6)7/h2-3,8-10,16,28-29H,4-7,11-13H2,1H3,(H,26,30);(H,6,7)/t16-;/m1./s1. The number of hydrogen-bond acceptors (Lipinski definition) is 7. The zero-order valence-corrected chi connectivity index (χ0v) is 22.2. The van der Waals surface area contributed by atoms with E-state index in [-0.39, 0.29) is 34.3 Å². The number of carbonyl (C=O) groups excluding carboxylic acids is 1. The fraction of sp³-hybridized carbons (Fsp3) is 0.440. The molecule has 4 rings (SSSR count). The molecule has 0 saturated carbocycles. The number of amides is 1. The van der Waals surface area contributed by atoms with Crippen LogP contribution >= 0.6 is 23.2 Å². The fourth-order valence-corrected chi connectivity index (χ4v) is 4.69. The number of carbonyl (C=O) groups is 2. The maximum atomic E-state index is 12.1. The minimum atomic E-state index is -5.08. The minimum absolute atomic E-state index is 0.0207. The number of benzene rings is 2. The topological polar surface area (TPSA) is 129 Å². The summed E-state index contributed by atoms with van der Waals surface area (Å²) in [7, 11) is 1.49. The van der Waals surface area contributed by atoms with Crippen molar-refractivity contribution in [2.45, 2.75) is 37.1 Å². The molecule has 1 atom stereocenters. The van der Waals surface area contributed by atoms with Gasteiger partial charge in [0.05, 0.1) is 10.6 Å². The van der Waals surface area contributed by atoms with Crippen LogP contribution in [0.4, 0.5) is 13.2 Å². The number of nitrogens with one attached hydrogen (secondary N) is 1. The number of carboxylic acids is 1. The highest BCUT2D eigenvalue weighted by molar-refractivity contribution is 6.32. The van der Waals surface area contributed by atoms with Crippen molar-refractivity contribution in [1.82, 2.24) is 10.2 Å². The Hall–Kier alpha value is -2.93. The van der Waals surface area contributed by atoms with Crippen LogP contribution in [0.5, 0.6) is 17.2 Å². The predicted molar refractivity (Wildman–Crippen MR) is 136 cm³/mol. The van der Waals surface area contributed by atoms with Gasteiger partial charge in [-0.1, -0.05) is 23.2 Å². The molecule has 2 aromatic rings. The van der Waals surface area contributed by atoms with Crippen LogP contribution in [0.2, 0.25) is 10.0 Å². The molecule has 0 bridgehead atoms. The maximum absolute atomic E-state index is 12.1. The summed E-state index contributed by atoms with van der Waals surface area (Å²) in [5, 5.41) is 30.8. The van der Waals surface area contributed by atoms with Gasteiger partial charge < -0.3 is 35.0 Å². The molecule has 14 heteroatoms. The number of fused-ring (bicyclic) bond motifs is 1. The molecular formula is C25H27Cl2F3N2O7. The Bertz CT molecular complexity index is 1200. The number of hydrogen-bond donors (Lipinski definition) is 4. The number of likely N-dealkylation sites (tertiary alicyclic amines) is 1. The van der Waals surface area contributed by atoms with Crippen LogP contribution in [0.25, 0.3) is 0 Å². The van der Waals surface area contributed by atoms with E-state index in [1.807, 2.05) is 18.2 Å². The van der Waals surface area contributed by atoms with Gasteiger partial charge in [0.25, 0.3) is 5.91 Å². The van der Waals surface area contributed by atoms with Crippen molar-refractivity contribution in [3.63, 3.8) is 0 Å². The third-order valence-electron chi connectivity index (χ3n) is 6.29. The van der Waals surface area contributed by atoms with E-state index in [9.17, 15) is 28.2 Å². The van der Waals surface area contributed by atoms with Crippen molar-refractivity contribution in [3.05, 3.63) is 51.5 Å². The highest BCUT2D eigenvalue weighted by atomic mass is 35.5. The van der Waals surface area contributed by atoms with E-state index in [4.69, 9.17) is 42.6 Å². The van der Waals surface area contributed by atoms with Crippen molar-refractivity contribution in [2.75, 3.05) is 33.3 Å². The Morgan fingerprint density at radius 1 is 1.21 bits per heavy atom. The molecule has 1 saturated heterocycles. The van der Waals surface area contributed by atoms with Crippen LogP contribution in [0.3, 0.4) is 0 Å². The van der Waals surface area contributed by atoms with E-state index in [1.165, 1.54) is 19.2 Å². The SMILES string of the molecule is CNC(=O)c1cc(Cl)c(O)cc1OC[C@H](O)CN1CCC2(CC1)Cc1cc(Cl)ccc1O2.O=C(O)C(F)(F)F. The number of aliphatic carboxylic acids is 1. The van der Waals surface area contributed by atoms with Gasteiger partial charge in [0.1, 0.15) is 35.6 Å². The zero-order valence-electron chi connectivity index (χ0n) is 20.7. The molecular weight excluding hydrogens is 568 g/mol. The molecule has 0 radical (unpaired) electrons. The van der Waals surface area contributed by atoms with Crippen LogP contribution in [-0.4, -0.2) is 83.3 Å². The molecule has 39 heavy (non-hydrogen) atoms. The average Bonchev–Trinajstić information content (AvgIpc) is 3.22. The summed E-state index contributed by atoms with van der Waals surface area (Å²) in [6.45, 7) is 2.00. The first-order valence-corrected chi connectivity index (χ1v) is 12.5. The lowest BCUT2D eigenvalue weighted by Gasteiger charge is -2.39. The average molecular weight is 595 g/mol. The lowest BCUT2D eigenvalue weighted by molar-refractivity contribution is -0.192. The van der Waals surface area contributed by atoms with Crippen molar-refractivity contribution < 1.29 is 47.6 Å². The van der Waals surface area contributed by atoms with E-state index < -0.39 is 24.2 Å². The summed E-state index contributed by atoms with van der Waals surface area (Å²) < 4.78 is 43.7. The van der Waals surface area contributed by atoms with Gasteiger partial charge in [-0.3, -0.25) is 4.79 Å². The monoisotopic (exact) mass is 594 g/mol. The quantitative estimate of drug-likeness (QED) is 0.396. The van der Waals surface area contributed by atoms with E-state index >= 15 is 0 Å². The summed E-state index contributed by atoms with van der Waals surface area (Å²) in [5.74, 6) is -2.26. The largest absolute Gasteiger partial charge is 0.506 e. The Balaban J connectivity index is 0.000000532. The molecule has 2 aliphatic heterocycles. The molecule has 0 aliphatic carbocycles. The lowest BCUT2D eigenvalue weighted by Crippen LogP contribution is -2.49. The number of carboxylic acid groups (broad SMARTS) is 1.